The standard InChI is InChI=1S/C18H19N5O2/c1-10-8-14-16(17-19-6-7-23(10)17)12(9-20-14)18(24)22-13-4-5-15(25-3)21-11(13)2/h4-7,9-10,20H,8H2,1-3H3,(H,22,24)/t10-/m1/s1. The summed E-state index contributed by atoms with van der Waals surface area (Å²) in [7, 11) is 1.56. The van der Waals surface area contributed by atoms with Crippen molar-refractivity contribution in [3.8, 4) is 17.3 Å². The molecule has 0 fully saturated rings. The van der Waals surface area contributed by atoms with Gasteiger partial charge in [0.15, 0.2) is 0 Å². The van der Waals surface area contributed by atoms with Crippen LogP contribution in [0.2, 0.25) is 0 Å². The van der Waals surface area contributed by atoms with E-state index in [1.165, 1.54) is 0 Å². The molecule has 1 aliphatic heterocycles. The lowest BCUT2D eigenvalue weighted by Crippen LogP contribution is -2.18. The van der Waals surface area contributed by atoms with Gasteiger partial charge in [0.05, 0.1) is 29.6 Å². The number of fused-ring (bicyclic) bond motifs is 3. The Morgan fingerprint density at radius 2 is 2.28 bits per heavy atom. The number of hydrogen-bond donors (Lipinski definition) is 2. The van der Waals surface area contributed by atoms with E-state index in [2.05, 4.69) is 31.8 Å². The molecule has 7 nitrogen and oxygen atoms in total. The molecule has 4 heterocycles. The van der Waals surface area contributed by atoms with Gasteiger partial charge in [-0.05, 0) is 19.9 Å². The molecule has 1 aliphatic rings. The summed E-state index contributed by atoms with van der Waals surface area (Å²) in [6.07, 6.45) is 6.32. The van der Waals surface area contributed by atoms with Gasteiger partial charge in [0.2, 0.25) is 5.88 Å². The van der Waals surface area contributed by atoms with E-state index in [-0.39, 0.29) is 5.91 Å². The highest BCUT2D eigenvalue weighted by molar-refractivity contribution is 6.09. The zero-order valence-corrected chi connectivity index (χ0v) is 14.3. The number of hydrogen-bond acceptors (Lipinski definition) is 4. The Morgan fingerprint density at radius 3 is 3.04 bits per heavy atom. The molecule has 3 aromatic heterocycles. The van der Waals surface area contributed by atoms with Gasteiger partial charge >= 0.3 is 0 Å². The molecule has 0 aliphatic carbocycles. The van der Waals surface area contributed by atoms with Crippen LogP contribution in [0.25, 0.3) is 11.4 Å². The Kier molecular flexibility index (Phi) is 3.56. The van der Waals surface area contributed by atoms with Crippen LogP contribution in [0.4, 0.5) is 5.69 Å². The number of nitrogens with one attached hydrogen (secondary N) is 2. The summed E-state index contributed by atoms with van der Waals surface area (Å²) in [5, 5.41) is 2.93. The van der Waals surface area contributed by atoms with Crippen molar-refractivity contribution in [3.63, 3.8) is 0 Å². The molecule has 0 aromatic carbocycles. The number of aromatic nitrogens is 4. The van der Waals surface area contributed by atoms with Crippen molar-refractivity contribution in [2.24, 2.45) is 0 Å². The largest absolute Gasteiger partial charge is 0.481 e. The van der Waals surface area contributed by atoms with E-state index in [4.69, 9.17) is 4.74 Å². The second-order valence-electron chi connectivity index (χ2n) is 6.21. The fraction of sp³-hybridized carbons (Fsp3) is 0.278. The molecule has 1 amide bonds. The molecule has 0 bridgehead atoms. The lowest BCUT2D eigenvalue weighted by atomic mass is 10.0. The van der Waals surface area contributed by atoms with Gasteiger partial charge in [0, 0.05) is 42.8 Å². The van der Waals surface area contributed by atoms with Gasteiger partial charge in [-0.3, -0.25) is 4.79 Å². The molecule has 2 N–H and O–H groups in total. The van der Waals surface area contributed by atoms with Crippen LogP contribution in [-0.2, 0) is 6.42 Å². The van der Waals surface area contributed by atoms with E-state index in [1.807, 2.05) is 13.1 Å². The number of ether oxygens (including phenoxy) is 1. The van der Waals surface area contributed by atoms with Crippen LogP contribution in [0.5, 0.6) is 5.88 Å². The Morgan fingerprint density at radius 1 is 1.44 bits per heavy atom. The third-order valence-corrected chi connectivity index (χ3v) is 4.59. The number of carbonyl (C=O) groups is 1. The topological polar surface area (TPSA) is 84.8 Å². The lowest BCUT2D eigenvalue weighted by molar-refractivity contribution is 0.102. The van der Waals surface area contributed by atoms with Gasteiger partial charge in [-0.25, -0.2) is 9.97 Å². The minimum atomic E-state index is -0.184. The quantitative estimate of drug-likeness (QED) is 0.769. The van der Waals surface area contributed by atoms with Crippen LogP contribution in [0.1, 0.15) is 34.7 Å². The number of nitrogens with zero attached hydrogens (tertiary/aromatic N) is 3. The number of H-pyrrole nitrogens is 1. The molecule has 0 spiro atoms. The Bertz CT molecular complexity index is 956. The maximum Gasteiger partial charge on any atom is 0.258 e. The normalized spacial score (nSPS) is 15.4. The van der Waals surface area contributed by atoms with E-state index < -0.39 is 0 Å². The number of methoxy groups -OCH3 is 1. The fourth-order valence-corrected chi connectivity index (χ4v) is 3.29. The fourth-order valence-electron chi connectivity index (χ4n) is 3.29. The van der Waals surface area contributed by atoms with Crippen LogP contribution >= 0.6 is 0 Å². The highest BCUT2D eigenvalue weighted by Gasteiger charge is 2.28. The average Bonchev–Trinajstić information content (AvgIpc) is 3.23. The van der Waals surface area contributed by atoms with Gasteiger partial charge in [-0.15, -0.1) is 0 Å². The Labute approximate surface area is 145 Å². The minimum absolute atomic E-state index is 0.184. The predicted octanol–water partition coefficient (Wildman–Crippen LogP) is 2.96. The predicted molar refractivity (Wildman–Crippen MR) is 93.9 cm³/mol. The van der Waals surface area contributed by atoms with Crippen LogP contribution in [0.15, 0.2) is 30.7 Å². The molecule has 7 heteroatoms. The van der Waals surface area contributed by atoms with Crippen LogP contribution in [0, 0.1) is 6.92 Å². The van der Waals surface area contributed by atoms with Crippen molar-refractivity contribution in [3.05, 3.63) is 47.7 Å². The number of aromatic amines is 1. The number of pyridine rings is 1. The molecule has 25 heavy (non-hydrogen) atoms. The van der Waals surface area contributed by atoms with Crippen LogP contribution in [-0.4, -0.2) is 32.5 Å². The van der Waals surface area contributed by atoms with Crippen molar-refractivity contribution in [1.29, 1.82) is 0 Å². The minimum Gasteiger partial charge on any atom is -0.481 e. The van der Waals surface area contributed by atoms with Crippen LogP contribution < -0.4 is 10.1 Å². The van der Waals surface area contributed by atoms with Gasteiger partial charge < -0.3 is 19.6 Å². The SMILES string of the molecule is COc1ccc(NC(=O)c2c[nH]c3c2-c2nccn2[C@H](C)C3)c(C)n1. The third kappa shape index (κ3) is 2.48. The molecule has 0 radical (unpaired) electrons. The summed E-state index contributed by atoms with van der Waals surface area (Å²) in [6, 6.07) is 3.83. The first-order chi connectivity index (χ1) is 12.1. The lowest BCUT2D eigenvalue weighted by Gasteiger charge is -2.22. The Balaban J connectivity index is 1.68. The van der Waals surface area contributed by atoms with Gasteiger partial charge in [-0.1, -0.05) is 0 Å². The van der Waals surface area contributed by atoms with Crippen LogP contribution in [0.3, 0.4) is 0 Å². The van der Waals surface area contributed by atoms with Gasteiger partial charge in [0.25, 0.3) is 5.91 Å². The first-order valence-corrected chi connectivity index (χ1v) is 8.15. The van der Waals surface area contributed by atoms with Crippen molar-refractivity contribution in [2.45, 2.75) is 26.3 Å². The molecule has 4 rings (SSSR count). The summed E-state index contributed by atoms with van der Waals surface area (Å²) < 4.78 is 7.21. The zero-order valence-electron chi connectivity index (χ0n) is 14.3. The smallest absolute Gasteiger partial charge is 0.258 e. The highest BCUT2D eigenvalue weighted by atomic mass is 16.5. The highest BCUT2D eigenvalue weighted by Crippen LogP contribution is 2.35. The number of rotatable bonds is 3. The van der Waals surface area contributed by atoms with Crippen molar-refractivity contribution < 1.29 is 9.53 Å². The first kappa shape index (κ1) is 15.4. The third-order valence-electron chi connectivity index (χ3n) is 4.59. The summed E-state index contributed by atoms with van der Waals surface area (Å²) in [4.78, 5) is 24.8. The molecule has 1 atom stereocenters. The number of carbonyl (C=O) groups excluding carboxylic acids is 1. The van der Waals surface area contributed by atoms with E-state index in [9.17, 15) is 4.79 Å². The van der Waals surface area contributed by atoms with E-state index in [0.717, 1.165) is 23.5 Å². The first-order valence-electron chi connectivity index (χ1n) is 8.15. The molecule has 0 saturated carbocycles. The van der Waals surface area contributed by atoms with Gasteiger partial charge in [-0.2, -0.15) is 0 Å². The monoisotopic (exact) mass is 337 g/mol. The number of aryl methyl sites for hydroxylation is 1. The average molecular weight is 337 g/mol. The molecule has 0 saturated heterocycles. The van der Waals surface area contributed by atoms with E-state index in [1.54, 1.807) is 31.6 Å². The second-order valence-corrected chi connectivity index (χ2v) is 6.21. The Hall–Kier alpha value is -3.09. The summed E-state index contributed by atoms with van der Waals surface area (Å²) in [5.74, 6) is 1.16. The molecular weight excluding hydrogens is 318 g/mol. The molecule has 128 valence electrons. The van der Waals surface area contributed by atoms with E-state index in [0.29, 0.717) is 28.9 Å². The number of amides is 1. The number of imidazole rings is 1. The van der Waals surface area contributed by atoms with Crippen molar-refractivity contribution in [2.75, 3.05) is 12.4 Å². The second kappa shape index (κ2) is 5.77. The summed E-state index contributed by atoms with van der Waals surface area (Å²) in [5.41, 5.74) is 3.87. The maximum atomic E-state index is 12.8. The summed E-state index contributed by atoms with van der Waals surface area (Å²) in [6.45, 7) is 3.97. The van der Waals surface area contributed by atoms with Crippen molar-refractivity contribution >= 4 is 11.6 Å². The molecule has 0 unspecified atom stereocenters. The van der Waals surface area contributed by atoms with Gasteiger partial charge in [0.1, 0.15) is 5.82 Å². The number of anilines is 1. The molecule has 3 aromatic rings. The molecular formula is C18H19N5O2. The zero-order chi connectivity index (χ0) is 17.6. The van der Waals surface area contributed by atoms with Crippen molar-refractivity contribution in [1.82, 2.24) is 19.5 Å². The summed E-state index contributed by atoms with van der Waals surface area (Å²) >= 11 is 0. The van der Waals surface area contributed by atoms with E-state index >= 15 is 0 Å². The maximum absolute atomic E-state index is 12.8.